The van der Waals surface area contributed by atoms with Gasteiger partial charge in [-0.3, -0.25) is 4.79 Å². The van der Waals surface area contributed by atoms with Crippen LogP contribution in [0.25, 0.3) is 11.5 Å². The van der Waals surface area contributed by atoms with Gasteiger partial charge in [0.2, 0.25) is 0 Å². The molecule has 1 fully saturated rings. The Bertz CT molecular complexity index is 941. The van der Waals surface area contributed by atoms with Gasteiger partial charge in [0.25, 0.3) is 17.6 Å². The van der Waals surface area contributed by atoms with Gasteiger partial charge in [0.1, 0.15) is 0 Å². The fraction of sp³-hybridized carbons (Fsp3) is 0.286. The van der Waals surface area contributed by atoms with Crippen LogP contribution in [-0.2, 0) is 0 Å². The molecule has 1 aliphatic rings. The molecule has 1 saturated heterocycles. The minimum absolute atomic E-state index is 0.120. The van der Waals surface area contributed by atoms with Gasteiger partial charge in [0.05, 0.1) is 0 Å². The zero-order chi connectivity index (χ0) is 18.8. The number of hydrogen-bond acceptors (Lipinski definition) is 5. The van der Waals surface area contributed by atoms with E-state index >= 15 is 0 Å². The van der Waals surface area contributed by atoms with Crippen LogP contribution in [0, 0.1) is 13.8 Å². The molecule has 0 radical (unpaired) electrons. The normalized spacial score (nSPS) is 14.4. The summed E-state index contributed by atoms with van der Waals surface area (Å²) in [5, 5.41) is 3.89. The largest absolute Gasteiger partial charge is 0.368 e. The minimum Gasteiger partial charge on any atom is -0.368 e. The molecule has 1 aromatic heterocycles. The molecule has 3 aromatic rings. The summed E-state index contributed by atoms with van der Waals surface area (Å²) >= 11 is 0. The van der Waals surface area contributed by atoms with E-state index in [1.165, 1.54) is 11.3 Å². The van der Waals surface area contributed by atoms with Gasteiger partial charge < -0.3 is 14.3 Å². The molecule has 6 nitrogen and oxygen atoms in total. The molecular weight excluding hydrogens is 340 g/mol. The molecule has 27 heavy (non-hydrogen) atoms. The van der Waals surface area contributed by atoms with Crippen LogP contribution in [0.2, 0.25) is 0 Å². The highest BCUT2D eigenvalue weighted by atomic mass is 16.5. The Morgan fingerprint density at radius 2 is 1.67 bits per heavy atom. The minimum atomic E-state index is -0.179. The van der Waals surface area contributed by atoms with Gasteiger partial charge in [-0.25, -0.2) is 0 Å². The van der Waals surface area contributed by atoms with Crippen molar-refractivity contribution in [2.24, 2.45) is 0 Å². The Morgan fingerprint density at radius 3 is 2.37 bits per heavy atom. The average molecular weight is 362 g/mol. The predicted octanol–water partition coefficient (Wildman–Crippen LogP) is 3.32. The second-order valence-corrected chi connectivity index (χ2v) is 6.85. The molecule has 2 aromatic carbocycles. The highest BCUT2D eigenvalue weighted by Gasteiger charge is 2.26. The van der Waals surface area contributed by atoms with Crippen LogP contribution in [0.15, 0.2) is 53.1 Å². The molecule has 1 aliphatic heterocycles. The molecule has 138 valence electrons. The third-order valence-corrected chi connectivity index (χ3v) is 4.94. The number of piperazine rings is 1. The smallest absolute Gasteiger partial charge is 0.295 e. The maximum absolute atomic E-state index is 12.7. The Morgan fingerprint density at radius 1 is 0.963 bits per heavy atom. The highest BCUT2D eigenvalue weighted by molar-refractivity contribution is 5.91. The fourth-order valence-corrected chi connectivity index (χ4v) is 3.33. The topological polar surface area (TPSA) is 62.5 Å². The van der Waals surface area contributed by atoms with Gasteiger partial charge in [-0.05, 0) is 37.6 Å². The van der Waals surface area contributed by atoms with Gasteiger partial charge in [0, 0.05) is 37.4 Å². The van der Waals surface area contributed by atoms with Crippen molar-refractivity contribution in [2.75, 3.05) is 31.1 Å². The number of carbonyl (C=O) groups is 1. The van der Waals surface area contributed by atoms with Crippen LogP contribution in [0.1, 0.15) is 21.7 Å². The van der Waals surface area contributed by atoms with Crippen LogP contribution < -0.4 is 4.90 Å². The second-order valence-electron chi connectivity index (χ2n) is 6.85. The lowest BCUT2D eigenvalue weighted by atomic mass is 10.1. The van der Waals surface area contributed by atoms with E-state index in [0.29, 0.717) is 19.0 Å². The van der Waals surface area contributed by atoms with E-state index in [1.807, 2.05) is 43.3 Å². The summed E-state index contributed by atoms with van der Waals surface area (Å²) in [6.45, 7) is 6.99. The first-order valence-corrected chi connectivity index (χ1v) is 9.12. The van der Waals surface area contributed by atoms with Crippen LogP contribution >= 0.6 is 0 Å². The molecule has 0 unspecified atom stereocenters. The number of nitrogens with zero attached hydrogens (tertiary/aromatic N) is 4. The van der Waals surface area contributed by atoms with Crippen LogP contribution in [0.5, 0.6) is 0 Å². The van der Waals surface area contributed by atoms with Crippen molar-refractivity contribution < 1.29 is 9.32 Å². The lowest BCUT2D eigenvalue weighted by molar-refractivity contribution is 0.0731. The van der Waals surface area contributed by atoms with Crippen molar-refractivity contribution >= 4 is 11.6 Å². The van der Waals surface area contributed by atoms with Crippen LogP contribution in [0.4, 0.5) is 5.69 Å². The molecule has 0 atom stereocenters. The number of aromatic nitrogens is 2. The third kappa shape index (κ3) is 3.56. The van der Waals surface area contributed by atoms with Gasteiger partial charge in [0.15, 0.2) is 0 Å². The van der Waals surface area contributed by atoms with E-state index in [2.05, 4.69) is 34.1 Å². The maximum atomic E-state index is 12.7. The van der Waals surface area contributed by atoms with Crippen molar-refractivity contribution in [2.45, 2.75) is 13.8 Å². The SMILES string of the molecule is Cc1ccc(-c2nc(C(=O)N3CCN(c4ccccc4C)CC3)no2)cc1. The Kier molecular flexibility index (Phi) is 4.62. The Hall–Kier alpha value is -3.15. The zero-order valence-corrected chi connectivity index (χ0v) is 15.6. The van der Waals surface area contributed by atoms with Crippen molar-refractivity contribution in [1.29, 1.82) is 0 Å². The fourth-order valence-electron chi connectivity index (χ4n) is 3.33. The first kappa shape index (κ1) is 17.3. The Balaban J connectivity index is 1.43. The lowest BCUT2D eigenvalue weighted by Crippen LogP contribution is -2.49. The number of carbonyl (C=O) groups excluding carboxylic acids is 1. The molecule has 1 amide bonds. The number of anilines is 1. The molecule has 0 saturated carbocycles. The number of para-hydroxylation sites is 1. The van der Waals surface area contributed by atoms with Crippen molar-refractivity contribution in [3.63, 3.8) is 0 Å². The zero-order valence-electron chi connectivity index (χ0n) is 15.6. The second kappa shape index (κ2) is 7.23. The number of amides is 1. The molecular formula is C21H22N4O2. The summed E-state index contributed by atoms with van der Waals surface area (Å²) < 4.78 is 5.29. The predicted molar refractivity (Wildman–Crippen MR) is 104 cm³/mol. The summed E-state index contributed by atoms with van der Waals surface area (Å²) in [5.74, 6) is 0.313. The average Bonchev–Trinajstić information content (AvgIpc) is 3.19. The van der Waals surface area contributed by atoms with Gasteiger partial charge >= 0.3 is 0 Å². The number of hydrogen-bond donors (Lipinski definition) is 0. The van der Waals surface area contributed by atoms with Crippen LogP contribution in [-0.4, -0.2) is 47.1 Å². The maximum Gasteiger partial charge on any atom is 0.295 e. The van der Waals surface area contributed by atoms with E-state index in [4.69, 9.17) is 4.52 Å². The highest BCUT2D eigenvalue weighted by Crippen LogP contribution is 2.22. The van der Waals surface area contributed by atoms with E-state index in [1.54, 1.807) is 4.90 Å². The van der Waals surface area contributed by atoms with Crippen LogP contribution in [0.3, 0.4) is 0 Å². The standard InChI is InChI=1S/C21H22N4O2/c1-15-7-9-17(10-8-15)20-22-19(23-27-20)21(26)25-13-11-24(12-14-25)18-6-4-3-5-16(18)2/h3-10H,11-14H2,1-2H3. The summed E-state index contributed by atoms with van der Waals surface area (Å²) in [6.07, 6.45) is 0. The Labute approximate surface area is 158 Å². The van der Waals surface area contributed by atoms with Gasteiger partial charge in [-0.1, -0.05) is 41.1 Å². The first-order chi connectivity index (χ1) is 13.1. The van der Waals surface area contributed by atoms with Crippen molar-refractivity contribution in [1.82, 2.24) is 15.0 Å². The summed E-state index contributed by atoms with van der Waals surface area (Å²) in [7, 11) is 0. The summed E-state index contributed by atoms with van der Waals surface area (Å²) in [5.41, 5.74) is 4.45. The first-order valence-electron chi connectivity index (χ1n) is 9.12. The molecule has 4 rings (SSSR count). The van der Waals surface area contributed by atoms with E-state index < -0.39 is 0 Å². The van der Waals surface area contributed by atoms with Crippen molar-refractivity contribution in [3.05, 3.63) is 65.5 Å². The molecule has 0 N–H and O–H groups in total. The molecule has 2 heterocycles. The number of rotatable bonds is 3. The molecule has 6 heteroatoms. The molecule has 0 bridgehead atoms. The van der Waals surface area contributed by atoms with E-state index in [-0.39, 0.29) is 11.7 Å². The van der Waals surface area contributed by atoms with E-state index in [9.17, 15) is 4.79 Å². The number of aryl methyl sites for hydroxylation is 2. The third-order valence-electron chi connectivity index (χ3n) is 4.94. The van der Waals surface area contributed by atoms with E-state index in [0.717, 1.165) is 24.2 Å². The quantitative estimate of drug-likeness (QED) is 0.715. The van der Waals surface area contributed by atoms with Gasteiger partial charge in [-0.15, -0.1) is 0 Å². The lowest BCUT2D eigenvalue weighted by Gasteiger charge is -2.36. The van der Waals surface area contributed by atoms with Crippen molar-refractivity contribution in [3.8, 4) is 11.5 Å². The van der Waals surface area contributed by atoms with Gasteiger partial charge in [-0.2, -0.15) is 4.98 Å². The molecule has 0 aliphatic carbocycles. The monoisotopic (exact) mass is 362 g/mol. The number of benzene rings is 2. The summed E-state index contributed by atoms with van der Waals surface area (Å²) in [6, 6.07) is 16.1. The summed E-state index contributed by atoms with van der Waals surface area (Å²) in [4.78, 5) is 21.1. The molecule has 0 spiro atoms.